The highest BCUT2D eigenvalue weighted by Gasteiger charge is 2.64. The molecule has 5 fully saturated rings. The maximum absolute atomic E-state index is 12.3. The Bertz CT molecular complexity index is 821. The predicted molar refractivity (Wildman–Crippen MR) is 144 cm³/mol. The summed E-state index contributed by atoms with van der Waals surface area (Å²) in [6.07, 6.45) is 10.8. The fraction of sp³-hybridized carbons (Fsp3) is 0.968. The molecule has 0 radical (unpaired) electrons. The molecule has 0 aromatic heterocycles. The summed E-state index contributed by atoms with van der Waals surface area (Å²) >= 11 is 0. The lowest BCUT2D eigenvalue weighted by Crippen LogP contribution is -2.62. The number of carbonyl (C=O) groups is 1. The molecule has 5 unspecified atom stereocenters. The number of alkyl carbamates (subject to hydrolysis) is 1. The smallest absolute Gasteiger partial charge is 0.407 e. The molecule has 0 heterocycles. The molecule has 1 amide bonds. The van der Waals surface area contributed by atoms with Gasteiger partial charge in [0.1, 0.15) is 0 Å². The molecule has 5 aliphatic rings. The molecule has 0 saturated heterocycles. The maximum Gasteiger partial charge on any atom is 0.407 e. The summed E-state index contributed by atoms with van der Waals surface area (Å²) in [5.41, 5.74) is 0.469. The van der Waals surface area contributed by atoms with E-state index < -0.39 is 12.2 Å². The van der Waals surface area contributed by atoms with Gasteiger partial charge in [0.05, 0.1) is 31.0 Å². The standard InChI is InChI=1S/C31H53NO5/c1-5-20-24-17-19(33)11-14-31(24,4)23-12-15-30(3)21(9-10-22(30)27(23)28(20)35)18(2)13-16-37-29(36)32-25-7-6-8-26(25)34/h18-28,33-35H,5-17H2,1-4H3,(H,32,36)/t18-,19-,20-,21-,22+,23+,24?,25?,26?,27?,28-,30-,31?/m1/s1. The Kier molecular flexibility index (Phi) is 7.95. The van der Waals surface area contributed by atoms with Crippen molar-refractivity contribution in [2.24, 2.45) is 52.3 Å². The van der Waals surface area contributed by atoms with Crippen molar-refractivity contribution in [1.29, 1.82) is 0 Å². The van der Waals surface area contributed by atoms with Crippen molar-refractivity contribution < 1.29 is 24.9 Å². The normalized spacial score (nSPS) is 50.0. The van der Waals surface area contributed by atoms with Crippen LogP contribution in [-0.4, -0.2) is 52.4 Å². The molecule has 5 aliphatic carbocycles. The highest BCUT2D eigenvalue weighted by Crippen LogP contribution is 2.69. The second-order valence-electron chi connectivity index (χ2n) is 14.3. The first-order valence-electron chi connectivity index (χ1n) is 15.6. The topological polar surface area (TPSA) is 99.0 Å². The molecule has 0 aliphatic heterocycles. The monoisotopic (exact) mass is 519 g/mol. The fourth-order valence-electron chi connectivity index (χ4n) is 10.8. The van der Waals surface area contributed by atoms with Crippen LogP contribution in [-0.2, 0) is 4.74 Å². The first-order chi connectivity index (χ1) is 17.6. The number of aliphatic hydroxyl groups is 3. The zero-order valence-electron chi connectivity index (χ0n) is 23.7. The fourth-order valence-corrected chi connectivity index (χ4v) is 10.8. The van der Waals surface area contributed by atoms with Crippen molar-refractivity contribution in [3.63, 3.8) is 0 Å². The van der Waals surface area contributed by atoms with E-state index in [1.54, 1.807) is 0 Å². The number of fused-ring (bicyclic) bond motifs is 5. The molecular weight excluding hydrogens is 466 g/mol. The third-order valence-electron chi connectivity index (χ3n) is 12.7. The quantitative estimate of drug-likeness (QED) is 0.383. The van der Waals surface area contributed by atoms with Gasteiger partial charge in [-0.05, 0) is 123 Å². The SMILES string of the molecule is CC[C@@H]1C2C[C@H](O)CCC2(C)[C@H]2CC[C@]3(C)[C@@H]([C@H](C)CCOC(=O)NC4CCCC4O)CC[C@H]3C2[C@@H]1O. The van der Waals surface area contributed by atoms with E-state index in [-0.39, 0.29) is 29.1 Å². The zero-order valence-corrected chi connectivity index (χ0v) is 23.7. The van der Waals surface area contributed by atoms with E-state index in [2.05, 4.69) is 33.0 Å². The van der Waals surface area contributed by atoms with Gasteiger partial charge < -0.3 is 25.4 Å². The van der Waals surface area contributed by atoms with Crippen LogP contribution in [0.2, 0.25) is 0 Å². The molecule has 212 valence electrons. The summed E-state index contributed by atoms with van der Waals surface area (Å²) in [6.45, 7) is 9.99. The molecule has 5 saturated carbocycles. The van der Waals surface area contributed by atoms with E-state index in [9.17, 15) is 20.1 Å². The molecule has 0 spiro atoms. The summed E-state index contributed by atoms with van der Waals surface area (Å²) in [7, 11) is 0. The van der Waals surface area contributed by atoms with Gasteiger partial charge in [-0.25, -0.2) is 4.79 Å². The van der Waals surface area contributed by atoms with Crippen molar-refractivity contribution in [3.05, 3.63) is 0 Å². The third kappa shape index (κ3) is 4.75. The second-order valence-corrected chi connectivity index (χ2v) is 14.3. The number of ether oxygens (including phenoxy) is 1. The van der Waals surface area contributed by atoms with Crippen molar-refractivity contribution in [2.45, 2.75) is 129 Å². The van der Waals surface area contributed by atoms with Crippen LogP contribution in [0.5, 0.6) is 0 Å². The highest BCUT2D eigenvalue weighted by molar-refractivity contribution is 5.67. The summed E-state index contributed by atoms with van der Waals surface area (Å²) in [5.74, 6) is 3.28. The number of hydrogen-bond acceptors (Lipinski definition) is 5. The molecule has 0 bridgehead atoms. The number of nitrogens with one attached hydrogen (secondary N) is 1. The van der Waals surface area contributed by atoms with E-state index in [0.29, 0.717) is 48.0 Å². The molecule has 4 N–H and O–H groups in total. The summed E-state index contributed by atoms with van der Waals surface area (Å²) in [4.78, 5) is 12.3. The summed E-state index contributed by atoms with van der Waals surface area (Å²) in [6, 6.07) is -0.169. The summed E-state index contributed by atoms with van der Waals surface area (Å²) in [5, 5.41) is 35.2. The van der Waals surface area contributed by atoms with Crippen LogP contribution in [0.1, 0.15) is 105 Å². The number of rotatable bonds is 6. The number of hydrogen-bond donors (Lipinski definition) is 4. The minimum absolute atomic E-state index is 0.169. The van der Waals surface area contributed by atoms with Gasteiger partial charge in [0, 0.05) is 0 Å². The Balaban J connectivity index is 1.23. The lowest BCUT2D eigenvalue weighted by Gasteiger charge is -2.64. The first-order valence-corrected chi connectivity index (χ1v) is 15.6. The summed E-state index contributed by atoms with van der Waals surface area (Å²) < 4.78 is 5.54. The van der Waals surface area contributed by atoms with Gasteiger partial charge in [0.2, 0.25) is 0 Å². The Hall–Kier alpha value is -0.850. The van der Waals surface area contributed by atoms with Gasteiger partial charge in [0.15, 0.2) is 0 Å². The van der Waals surface area contributed by atoms with E-state index in [0.717, 1.165) is 51.4 Å². The van der Waals surface area contributed by atoms with Crippen molar-refractivity contribution in [3.8, 4) is 0 Å². The molecule has 0 aromatic carbocycles. The molecular formula is C31H53NO5. The van der Waals surface area contributed by atoms with Crippen LogP contribution in [0, 0.1) is 52.3 Å². The van der Waals surface area contributed by atoms with Crippen LogP contribution >= 0.6 is 0 Å². The maximum atomic E-state index is 12.3. The van der Waals surface area contributed by atoms with Gasteiger partial charge in [-0.3, -0.25) is 0 Å². The van der Waals surface area contributed by atoms with E-state index >= 15 is 0 Å². The molecule has 6 nitrogen and oxygen atoms in total. The van der Waals surface area contributed by atoms with E-state index in [4.69, 9.17) is 4.74 Å². The van der Waals surface area contributed by atoms with Gasteiger partial charge in [-0.1, -0.05) is 34.1 Å². The van der Waals surface area contributed by atoms with E-state index in [1.807, 2.05) is 0 Å². The van der Waals surface area contributed by atoms with Crippen molar-refractivity contribution in [1.82, 2.24) is 5.32 Å². The van der Waals surface area contributed by atoms with Crippen LogP contribution in [0.4, 0.5) is 4.79 Å². The minimum atomic E-state index is -0.448. The van der Waals surface area contributed by atoms with Crippen molar-refractivity contribution in [2.75, 3.05) is 6.61 Å². The molecule has 6 heteroatoms. The Morgan fingerprint density at radius 3 is 2.41 bits per heavy atom. The van der Waals surface area contributed by atoms with Crippen LogP contribution in [0.25, 0.3) is 0 Å². The van der Waals surface area contributed by atoms with Gasteiger partial charge in [0.25, 0.3) is 0 Å². The van der Waals surface area contributed by atoms with E-state index in [1.165, 1.54) is 25.7 Å². The first kappa shape index (κ1) is 27.7. The molecule has 37 heavy (non-hydrogen) atoms. The minimum Gasteiger partial charge on any atom is -0.450 e. The van der Waals surface area contributed by atoms with Gasteiger partial charge in [-0.15, -0.1) is 0 Å². The average Bonchev–Trinajstić information content (AvgIpc) is 3.42. The third-order valence-corrected chi connectivity index (χ3v) is 12.7. The average molecular weight is 520 g/mol. The Labute approximate surface area is 224 Å². The van der Waals surface area contributed by atoms with Gasteiger partial charge >= 0.3 is 6.09 Å². The number of amides is 1. The zero-order chi connectivity index (χ0) is 26.5. The predicted octanol–water partition coefficient (Wildman–Crippen LogP) is 5.28. The highest BCUT2D eigenvalue weighted by atomic mass is 16.5. The lowest BCUT2D eigenvalue weighted by atomic mass is 9.41. The largest absolute Gasteiger partial charge is 0.450 e. The molecule has 5 rings (SSSR count). The lowest BCUT2D eigenvalue weighted by molar-refractivity contribution is -0.203. The van der Waals surface area contributed by atoms with Gasteiger partial charge in [-0.2, -0.15) is 0 Å². The molecule has 0 aromatic rings. The Morgan fingerprint density at radius 1 is 0.973 bits per heavy atom. The Morgan fingerprint density at radius 2 is 1.70 bits per heavy atom. The van der Waals surface area contributed by atoms with Crippen LogP contribution in [0.15, 0.2) is 0 Å². The van der Waals surface area contributed by atoms with Crippen LogP contribution in [0.3, 0.4) is 0 Å². The van der Waals surface area contributed by atoms with Crippen LogP contribution < -0.4 is 5.32 Å². The molecule has 13 atom stereocenters. The van der Waals surface area contributed by atoms with Crippen molar-refractivity contribution >= 4 is 6.09 Å². The number of aliphatic hydroxyl groups excluding tert-OH is 3. The number of carbonyl (C=O) groups excluding carboxylic acids is 1. The second kappa shape index (κ2) is 10.6.